The minimum absolute atomic E-state index is 0.101. The molecule has 1 aromatic carbocycles. The number of urea groups is 1. The molecule has 0 aliphatic carbocycles. The lowest BCUT2D eigenvalue weighted by Gasteiger charge is -2.39. The minimum Gasteiger partial charge on any atom is -0.493 e. The van der Waals surface area contributed by atoms with Crippen LogP contribution in [0.3, 0.4) is 0 Å². The summed E-state index contributed by atoms with van der Waals surface area (Å²) >= 11 is 0. The van der Waals surface area contributed by atoms with Gasteiger partial charge in [-0.2, -0.15) is 0 Å². The molecule has 2 heterocycles. The first-order valence-electron chi connectivity index (χ1n) is 9.90. The van der Waals surface area contributed by atoms with Gasteiger partial charge in [0.05, 0.1) is 14.2 Å². The molecule has 3 rings (SSSR count). The first-order valence-corrected chi connectivity index (χ1v) is 9.90. The van der Waals surface area contributed by atoms with Crippen LogP contribution in [0.5, 0.6) is 11.5 Å². The summed E-state index contributed by atoms with van der Waals surface area (Å²) in [7, 11) is 3.03. The molecule has 2 fully saturated rings. The Labute approximate surface area is 171 Å². The van der Waals surface area contributed by atoms with E-state index in [0.29, 0.717) is 17.1 Å². The molecule has 0 radical (unpaired) electrons. The number of rotatable bonds is 5. The molecule has 8 nitrogen and oxygen atoms in total. The average Bonchev–Trinajstić information content (AvgIpc) is 2.91. The molecule has 3 unspecified atom stereocenters. The van der Waals surface area contributed by atoms with Crippen molar-refractivity contribution in [2.45, 2.75) is 57.7 Å². The van der Waals surface area contributed by atoms with Crippen LogP contribution in [0, 0.1) is 0 Å². The minimum atomic E-state index is -1.28. The van der Waals surface area contributed by atoms with Gasteiger partial charge in [0.25, 0.3) is 5.91 Å². The lowest BCUT2D eigenvalue weighted by molar-refractivity contribution is -0.142. The van der Waals surface area contributed by atoms with Gasteiger partial charge in [-0.05, 0) is 57.7 Å². The topological polar surface area (TPSA) is 88.2 Å². The molecule has 3 atom stereocenters. The summed E-state index contributed by atoms with van der Waals surface area (Å²) < 4.78 is 10.6. The number of hydrogen-bond acceptors (Lipinski definition) is 5. The second-order valence-corrected chi connectivity index (χ2v) is 7.95. The number of hydrogen-bond donors (Lipinski definition) is 1. The summed E-state index contributed by atoms with van der Waals surface area (Å²) in [5.41, 5.74) is -0.723. The number of carbonyl (C=O) groups is 3. The molecule has 0 aromatic heterocycles. The molecule has 2 aliphatic rings. The Hall–Kier alpha value is -2.77. The molecule has 4 amide bonds. The van der Waals surface area contributed by atoms with E-state index < -0.39 is 17.5 Å². The highest BCUT2D eigenvalue weighted by Crippen LogP contribution is 2.35. The maximum Gasteiger partial charge on any atom is 0.325 e. The largest absolute Gasteiger partial charge is 0.493 e. The molecular formula is C21H29N3O5. The number of methoxy groups -OCH3 is 2. The predicted octanol–water partition coefficient (Wildman–Crippen LogP) is 2.26. The first kappa shape index (κ1) is 21.0. The SMILES string of the molecule is COc1ccc(C2(C)NC(=O)N(CC(=O)N3C(C)CCCC3C)C2=O)cc1OC. The van der Waals surface area contributed by atoms with Crippen molar-refractivity contribution >= 4 is 17.8 Å². The van der Waals surface area contributed by atoms with Gasteiger partial charge in [0, 0.05) is 12.1 Å². The molecule has 1 aromatic rings. The summed E-state index contributed by atoms with van der Waals surface area (Å²) in [6.45, 7) is 5.38. The zero-order chi connectivity index (χ0) is 21.3. The van der Waals surface area contributed by atoms with Crippen molar-refractivity contribution < 1.29 is 23.9 Å². The van der Waals surface area contributed by atoms with Gasteiger partial charge in [-0.1, -0.05) is 6.07 Å². The van der Waals surface area contributed by atoms with Crippen molar-refractivity contribution in [2.75, 3.05) is 20.8 Å². The Balaban J connectivity index is 1.83. The Morgan fingerprint density at radius 1 is 1.14 bits per heavy atom. The van der Waals surface area contributed by atoms with Crippen molar-refractivity contribution in [1.29, 1.82) is 0 Å². The van der Waals surface area contributed by atoms with E-state index in [4.69, 9.17) is 9.47 Å². The number of amides is 4. The lowest BCUT2D eigenvalue weighted by atomic mass is 9.91. The molecule has 8 heteroatoms. The van der Waals surface area contributed by atoms with Gasteiger partial charge < -0.3 is 19.7 Å². The van der Waals surface area contributed by atoms with E-state index in [1.165, 1.54) is 14.2 Å². The fourth-order valence-electron chi connectivity index (χ4n) is 4.31. The zero-order valence-corrected chi connectivity index (χ0v) is 17.7. The first-order chi connectivity index (χ1) is 13.7. The van der Waals surface area contributed by atoms with Crippen LogP contribution in [-0.2, 0) is 15.1 Å². The van der Waals surface area contributed by atoms with E-state index in [0.717, 1.165) is 24.2 Å². The van der Waals surface area contributed by atoms with Crippen LogP contribution in [0.2, 0.25) is 0 Å². The fraction of sp³-hybridized carbons (Fsp3) is 0.571. The summed E-state index contributed by atoms with van der Waals surface area (Å²) in [5, 5.41) is 2.74. The van der Waals surface area contributed by atoms with Gasteiger partial charge >= 0.3 is 6.03 Å². The Morgan fingerprint density at radius 2 is 1.76 bits per heavy atom. The predicted molar refractivity (Wildman–Crippen MR) is 107 cm³/mol. The van der Waals surface area contributed by atoms with Crippen molar-refractivity contribution in [2.24, 2.45) is 0 Å². The molecule has 0 bridgehead atoms. The number of ether oxygens (including phenoxy) is 2. The Morgan fingerprint density at radius 3 is 2.34 bits per heavy atom. The summed E-state index contributed by atoms with van der Waals surface area (Å²) in [6, 6.07) is 4.69. The number of nitrogens with one attached hydrogen (secondary N) is 1. The number of nitrogens with zero attached hydrogens (tertiary/aromatic N) is 2. The highest BCUT2D eigenvalue weighted by molar-refractivity contribution is 6.09. The van der Waals surface area contributed by atoms with Crippen LogP contribution in [0.15, 0.2) is 18.2 Å². The van der Waals surface area contributed by atoms with Crippen LogP contribution in [-0.4, -0.2) is 60.5 Å². The van der Waals surface area contributed by atoms with Gasteiger partial charge in [0.2, 0.25) is 5.91 Å². The maximum absolute atomic E-state index is 13.2. The van der Waals surface area contributed by atoms with Gasteiger partial charge in [-0.15, -0.1) is 0 Å². The fourth-order valence-corrected chi connectivity index (χ4v) is 4.31. The monoisotopic (exact) mass is 403 g/mol. The molecule has 2 saturated heterocycles. The van der Waals surface area contributed by atoms with Crippen molar-refractivity contribution in [3.63, 3.8) is 0 Å². The third kappa shape index (κ3) is 3.63. The second kappa shape index (κ2) is 7.93. The molecule has 1 N–H and O–H groups in total. The van der Waals surface area contributed by atoms with Gasteiger partial charge in [0.15, 0.2) is 11.5 Å². The summed E-state index contributed by atoms with van der Waals surface area (Å²) in [5.74, 6) is 0.320. The molecular weight excluding hydrogens is 374 g/mol. The average molecular weight is 403 g/mol. The van der Waals surface area contributed by atoms with Crippen LogP contribution in [0.1, 0.15) is 45.6 Å². The molecule has 158 valence electrons. The van der Waals surface area contributed by atoms with E-state index in [1.54, 1.807) is 30.0 Å². The highest BCUT2D eigenvalue weighted by atomic mass is 16.5. The van der Waals surface area contributed by atoms with E-state index in [2.05, 4.69) is 5.32 Å². The Bertz CT molecular complexity index is 817. The van der Waals surface area contributed by atoms with E-state index >= 15 is 0 Å². The molecule has 29 heavy (non-hydrogen) atoms. The molecule has 0 spiro atoms. The number of benzene rings is 1. The summed E-state index contributed by atoms with van der Waals surface area (Å²) in [4.78, 5) is 41.5. The Kier molecular flexibility index (Phi) is 5.73. The van der Waals surface area contributed by atoms with Crippen molar-refractivity contribution in [3.8, 4) is 11.5 Å². The standard InChI is InChI=1S/C21H29N3O5/c1-13-7-6-8-14(2)24(13)18(25)12-23-19(26)21(3,22-20(23)27)15-9-10-16(28-4)17(11-15)29-5/h9-11,13-14H,6-8,12H2,1-5H3,(H,22,27). The number of imide groups is 1. The molecule has 0 saturated carbocycles. The summed E-state index contributed by atoms with van der Waals surface area (Å²) in [6.07, 6.45) is 2.94. The van der Waals surface area contributed by atoms with E-state index in [1.807, 2.05) is 13.8 Å². The third-order valence-electron chi connectivity index (χ3n) is 6.01. The second-order valence-electron chi connectivity index (χ2n) is 7.95. The highest BCUT2D eigenvalue weighted by Gasteiger charge is 2.50. The lowest BCUT2D eigenvalue weighted by Crippen LogP contribution is -2.52. The van der Waals surface area contributed by atoms with Crippen molar-refractivity contribution in [1.82, 2.24) is 15.1 Å². The van der Waals surface area contributed by atoms with E-state index in [-0.39, 0.29) is 24.5 Å². The van der Waals surface area contributed by atoms with Gasteiger partial charge in [-0.3, -0.25) is 14.5 Å². The zero-order valence-electron chi connectivity index (χ0n) is 17.7. The van der Waals surface area contributed by atoms with Crippen LogP contribution in [0.25, 0.3) is 0 Å². The van der Waals surface area contributed by atoms with Crippen LogP contribution < -0.4 is 14.8 Å². The van der Waals surface area contributed by atoms with Gasteiger partial charge in [-0.25, -0.2) is 4.79 Å². The third-order valence-corrected chi connectivity index (χ3v) is 6.01. The van der Waals surface area contributed by atoms with Gasteiger partial charge in [0.1, 0.15) is 12.1 Å². The van der Waals surface area contributed by atoms with Crippen LogP contribution in [0.4, 0.5) is 4.79 Å². The number of likely N-dealkylation sites (tertiary alicyclic amines) is 1. The molecule has 2 aliphatic heterocycles. The van der Waals surface area contributed by atoms with Crippen LogP contribution >= 0.6 is 0 Å². The number of piperidine rings is 1. The van der Waals surface area contributed by atoms with Crippen molar-refractivity contribution in [3.05, 3.63) is 23.8 Å². The number of carbonyl (C=O) groups excluding carboxylic acids is 3. The smallest absolute Gasteiger partial charge is 0.325 e. The quantitative estimate of drug-likeness (QED) is 0.762. The van der Waals surface area contributed by atoms with E-state index in [9.17, 15) is 14.4 Å². The normalized spacial score (nSPS) is 27.1. The maximum atomic E-state index is 13.2.